The van der Waals surface area contributed by atoms with E-state index in [1.807, 2.05) is 31.7 Å². The van der Waals surface area contributed by atoms with Crippen LogP contribution in [-0.2, 0) is 21.3 Å². The number of carbonyl (C=O) groups excluding carboxylic acids is 2. The van der Waals surface area contributed by atoms with E-state index >= 15 is 0 Å². The number of hydrogen-bond acceptors (Lipinski definition) is 3. The SMILES string of the molecule is CC(=O)c1c(C)cc(C)c(C[S@](=O)[C@H](C)C(=O)N2CCCCCC2)c1C. The van der Waals surface area contributed by atoms with E-state index in [2.05, 4.69) is 0 Å². The van der Waals surface area contributed by atoms with Crippen molar-refractivity contribution in [2.24, 2.45) is 0 Å². The van der Waals surface area contributed by atoms with Crippen molar-refractivity contribution < 1.29 is 13.8 Å². The molecule has 0 saturated carbocycles. The van der Waals surface area contributed by atoms with Gasteiger partial charge in [0.2, 0.25) is 5.91 Å². The molecule has 0 spiro atoms. The number of aryl methyl sites for hydroxylation is 2. The van der Waals surface area contributed by atoms with Crippen molar-refractivity contribution in [3.63, 3.8) is 0 Å². The molecule has 1 amide bonds. The number of hydrogen-bond donors (Lipinski definition) is 0. The summed E-state index contributed by atoms with van der Waals surface area (Å²) >= 11 is 0. The third-order valence-electron chi connectivity index (χ3n) is 5.43. The number of Topliss-reactive ketones (excluding diaryl/α,β-unsaturated/α-hetero) is 1. The number of benzene rings is 1. The fourth-order valence-electron chi connectivity index (χ4n) is 3.92. The number of carbonyl (C=O) groups is 2. The smallest absolute Gasteiger partial charge is 0.238 e. The third kappa shape index (κ3) is 4.61. The summed E-state index contributed by atoms with van der Waals surface area (Å²) in [5, 5.41) is -0.519. The van der Waals surface area contributed by atoms with E-state index in [1.54, 1.807) is 13.8 Å². The molecule has 1 heterocycles. The minimum absolute atomic E-state index is 0.000516. The number of amides is 1. The molecule has 2 atom stereocenters. The number of rotatable bonds is 5. The van der Waals surface area contributed by atoms with Gasteiger partial charge in [-0.2, -0.15) is 0 Å². The van der Waals surface area contributed by atoms with Crippen LogP contribution in [0.1, 0.15) is 72.1 Å². The van der Waals surface area contributed by atoms with Crippen molar-refractivity contribution in [1.29, 1.82) is 0 Å². The van der Waals surface area contributed by atoms with Gasteiger partial charge in [0, 0.05) is 35.2 Å². The predicted molar refractivity (Wildman–Crippen MR) is 107 cm³/mol. The van der Waals surface area contributed by atoms with Crippen LogP contribution in [0.3, 0.4) is 0 Å². The van der Waals surface area contributed by atoms with Gasteiger partial charge in [-0.1, -0.05) is 18.9 Å². The molecule has 1 aliphatic heterocycles. The van der Waals surface area contributed by atoms with E-state index in [0.29, 0.717) is 11.3 Å². The van der Waals surface area contributed by atoms with Crippen LogP contribution in [0.2, 0.25) is 0 Å². The van der Waals surface area contributed by atoms with Crippen LogP contribution >= 0.6 is 0 Å². The highest BCUT2D eigenvalue weighted by molar-refractivity contribution is 7.85. The van der Waals surface area contributed by atoms with Crippen LogP contribution in [0.15, 0.2) is 6.07 Å². The number of nitrogens with zero attached hydrogens (tertiary/aromatic N) is 1. The molecule has 5 heteroatoms. The summed E-state index contributed by atoms with van der Waals surface area (Å²) in [7, 11) is -1.30. The van der Waals surface area contributed by atoms with Gasteiger partial charge < -0.3 is 4.90 Å². The molecule has 0 aromatic heterocycles. The molecular weight excluding hydrogens is 346 g/mol. The predicted octanol–water partition coefficient (Wildman–Crippen LogP) is 3.85. The van der Waals surface area contributed by atoms with Crippen LogP contribution in [-0.4, -0.2) is 39.1 Å². The first kappa shape index (κ1) is 20.8. The molecule has 1 fully saturated rings. The molecular formula is C21H31NO3S. The van der Waals surface area contributed by atoms with E-state index in [-0.39, 0.29) is 11.7 Å². The average molecular weight is 378 g/mol. The lowest BCUT2D eigenvalue weighted by Gasteiger charge is -2.24. The van der Waals surface area contributed by atoms with E-state index in [1.165, 1.54) is 0 Å². The number of ketones is 1. The number of likely N-dealkylation sites (tertiary alicyclic amines) is 1. The maximum atomic E-state index is 12.9. The van der Waals surface area contributed by atoms with Gasteiger partial charge in [0.1, 0.15) is 5.25 Å². The quantitative estimate of drug-likeness (QED) is 0.732. The summed E-state index contributed by atoms with van der Waals surface area (Å²) in [6.07, 6.45) is 4.39. The highest BCUT2D eigenvalue weighted by Crippen LogP contribution is 2.25. The molecule has 2 rings (SSSR count). The molecule has 0 unspecified atom stereocenters. The molecule has 1 aromatic rings. The Labute approximate surface area is 159 Å². The van der Waals surface area contributed by atoms with Crippen molar-refractivity contribution in [3.8, 4) is 0 Å². The second-order valence-electron chi connectivity index (χ2n) is 7.45. The Hall–Kier alpha value is -1.49. The standard InChI is InChI=1S/C21H31NO3S/c1-14-12-15(2)20(17(4)23)16(3)19(14)13-26(25)18(5)21(24)22-10-8-6-7-9-11-22/h12,18H,6-11,13H2,1-5H3/t18-,26+/m1/s1. The monoisotopic (exact) mass is 377 g/mol. The maximum Gasteiger partial charge on any atom is 0.238 e. The first-order chi connectivity index (χ1) is 12.2. The van der Waals surface area contributed by atoms with Gasteiger partial charge >= 0.3 is 0 Å². The lowest BCUT2D eigenvalue weighted by molar-refractivity contribution is -0.130. The second-order valence-corrected chi connectivity index (χ2v) is 9.21. The Kier molecular flexibility index (Phi) is 7.16. The average Bonchev–Trinajstić information content (AvgIpc) is 2.85. The molecule has 1 saturated heterocycles. The second kappa shape index (κ2) is 8.94. The molecule has 4 nitrogen and oxygen atoms in total. The van der Waals surface area contributed by atoms with Gasteiger partial charge in [0.25, 0.3) is 0 Å². The fraction of sp³-hybridized carbons (Fsp3) is 0.619. The molecule has 0 radical (unpaired) electrons. The van der Waals surface area contributed by atoms with Crippen molar-refractivity contribution in [2.45, 2.75) is 71.3 Å². The van der Waals surface area contributed by atoms with Crippen molar-refractivity contribution in [3.05, 3.63) is 33.9 Å². The van der Waals surface area contributed by atoms with Gasteiger partial charge in [-0.25, -0.2) is 0 Å². The third-order valence-corrected chi connectivity index (χ3v) is 6.99. The van der Waals surface area contributed by atoms with Gasteiger partial charge in [-0.15, -0.1) is 0 Å². The van der Waals surface area contributed by atoms with Crippen molar-refractivity contribution >= 4 is 22.5 Å². The molecule has 1 aromatic carbocycles. The first-order valence-corrected chi connectivity index (χ1v) is 10.9. The summed E-state index contributed by atoms with van der Waals surface area (Å²) in [4.78, 5) is 26.6. The van der Waals surface area contributed by atoms with E-state index < -0.39 is 16.0 Å². The van der Waals surface area contributed by atoms with Crippen LogP contribution in [0.4, 0.5) is 0 Å². The summed E-state index contributed by atoms with van der Waals surface area (Å²) in [6.45, 7) is 10.7. The van der Waals surface area contributed by atoms with Crippen LogP contribution in [0.25, 0.3) is 0 Å². The van der Waals surface area contributed by atoms with Gasteiger partial charge in [0.15, 0.2) is 5.78 Å². The summed E-state index contributed by atoms with van der Waals surface area (Å²) < 4.78 is 12.9. The zero-order chi connectivity index (χ0) is 19.4. The summed E-state index contributed by atoms with van der Waals surface area (Å²) in [6, 6.07) is 1.98. The fourth-order valence-corrected chi connectivity index (χ4v) is 5.27. The highest BCUT2D eigenvalue weighted by Gasteiger charge is 2.27. The lowest BCUT2D eigenvalue weighted by Crippen LogP contribution is -2.40. The topological polar surface area (TPSA) is 54.5 Å². The van der Waals surface area contributed by atoms with Gasteiger partial charge in [0.05, 0.1) is 0 Å². The Morgan fingerprint density at radius 2 is 1.65 bits per heavy atom. The van der Waals surface area contributed by atoms with E-state index in [0.717, 1.165) is 61.0 Å². The van der Waals surface area contributed by atoms with E-state index in [9.17, 15) is 13.8 Å². The van der Waals surface area contributed by atoms with Crippen LogP contribution in [0, 0.1) is 20.8 Å². The molecule has 26 heavy (non-hydrogen) atoms. The van der Waals surface area contributed by atoms with E-state index in [4.69, 9.17) is 0 Å². The lowest BCUT2D eigenvalue weighted by atomic mass is 9.92. The minimum atomic E-state index is -1.30. The molecule has 144 valence electrons. The van der Waals surface area contributed by atoms with Crippen LogP contribution in [0.5, 0.6) is 0 Å². The minimum Gasteiger partial charge on any atom is -0.342 e. The maximum absolute atomic E-state index is 12.9. The molecule has 0 N–H and O–H groups in total. The Morgan fingerprint density at radius 1 is 1.08 bits per heavy atom. The summed E-state index contributed by atoms with van der Waals surface area (Å²) in [5.41, 5.74) is 4.55. The summed E-state index contributed by atoms with van der Waals surface area (Å²) in [5.74, 6) is 0.346. The molecule has 0 bridgehead atoms. The van der Waals surface area contributed by atoms with Crippen molar-refractivity contribution in [2.75, 3.05) is 13.1 Å². The zero-order valence-electron chi connectivity index (χ0n) is 16.7. The molecule has 0 aliphatic carbocycles. The largest absolute Gasteiger partial charge is 0.342 e. The van der Waals surface area contributed by atoms with Crippen molar-refractivity contribution in [1.82, 2.24) is 4.90 Å². The molecule has 1 aliphatic rings. The first-order valence-electron chi connectivity index (χ1n) is 9.50. The van der Waals surface area contributed by atoms with Gasteiger partial charge in [-0.05, 0) is 69.7 Å². The van der Waals surface area contributed by atoms with Crippen LogP contribution < -0.4 is 0 Å². The van der Waals surface area contributed by atoms with Gasteiger partial charge in [-0.3, -0.25) is 13.8 Å². The zero-order valence-corrected chi connectivity index (χ0v) is 17.5. The normalized spacial score (nSPS) is 17.5. The Bertz CT molecular complexity index is 718. The Balaban J connectivity index is 2.19. The highest BCUT2D eigenvalue weighted by atomic mass is 32.2. The Morgan fingerprint density at radius 3 is 2.19 bits per heavy atom.